The second-order valence-electron chi connectivity index (χ2n) is 2.46. The third-order valence-corrected chi connectivity index (χ3v) is 4.57. The maximum atomic E-state index is 11.5. The number of esters is 1. The van der Waals surface area contributed by atoms with Crippen molar-refractivity contribution < 1.29 is 17.9 Å². The summed E-state index contributed by atoms with van der Waals surface area (Å²) in [4.78, 5) is 10.7. The Morgan fingerprint density at radius 2 is 2.27 bits per heavy atom. The van der Waals surface area contributed by atoms with Crippen LogP contribution in [0, 0.1) is 0 Å². The van der Waals surface area contributed by atoms with Crippen molar-refractivity contribution in [2.24, 2.45) is 0 Å². The van der Waals surface area contributed by atoms with Crippen LogP contribution >= 0.6 is 22.9 Å². The normalized spacial score (nSPS) is 11.3. The molecular formula is C7H8ClNO4S2. The largest absolute Gasteiger partial charge is 0.468 e. The number of thiophene rings is 1. The van der Waals surface area contributed by atoms with Gasteiger partial charge in [0.15, 0.2) is 0 Å². The van der Waals surface area contributed by atoms with Crippen molar-refractivity contribution >= 4 is 38.9 Å². The molecule has 1 heterocycles. The first-order valence-electron chi connectivity index (χ1n) is 3.77. The Morgan fingerprint density at radius 1 is 1.60 bits per heavy atom. The minimum absolute atomic E-state index is 0.0661. The van der Waals surface area contributed by atoms with Gasteiger partial charge < -0.3 is 4.74 Å². The number of rotatable bonds is 4. The molecule has 0 atom stereocenters. The van der Waals surface area contributed by atoms with E-state index in [-0.39, 0.29) is 4.21 Å². The van der Waals surface area contributed by atoms with Gasteiger partial charge in [-0.15, -0.1) is 11.3 Å². The molecule has 1 N–H and O–H groups in total. The van der Waals surface area contributed by atoms with E-state index in [0.29, 0.717) is 4.34 Å². The molecule has 0 amide bonds. The monoisotopic (exact) mass is 269 g/mol. The third kappa shape index (κ3) is 3.45. The fraction of sp³-hybridized carbons (Fsp3) is 0.286. The van der Waals surface area contributed by atoms with Gasteiger partial charge in [0.1, 0.15) is 10.8 Å². The van der Waals surface area contributed by atoms with Gasteiger partial charge in [-0.3, -0.25) is 4.79 Å². The Kier molecular flexibility index (Phi) is 4.09. The molecule has 84 valence electrons. The first kappa shape index (κ1) is 12.4. The number of hydrogen-bond donors (Lipinski definition) is 1. The van der Waals surface area contributed by atoms with E-state index in [0.717, 1.165) is 11.3 Å². The first-order valence-corrected chi connectivity index (χ1v) is 6.45. The molecule has 0 aliphatic carbocycles. The number of sulfonamides is 1. The SMILES string of the molecule is COC(=O)CNS(=O)(=O)c1ccc(Cl)s1. The van der Waals surface area contributed by atoms with E-state index in [1.54, 1.807) is 0 Å². The van der Waals surface area contributed by atoms with Crippen LogP contribution in [0.2, 0.25) is 4.34 Å². The van der Waals surface area contributed by atoms with Crippen LogP contribution in [-0.4, -0.2) is 28.0 Å². The molecule has 0 spiro atoms. The van der Waals surface area contributed by atoms with Crippen LogP contribution in [-0.2, 0) is 19.6 Å². The fourth-order valence-corrected chi connectivity index (χ4v) is 3.24. The topological polar surface area (TPSA) is 72.5 Å². The van der Waals surface area contributed by atoms with Gasteiger partial charge in [0.2, 0.25) is 0 Å². The van der Waals surface area contributed by atoms with Gasteiger partial charge in [-0.2, -0.15) is 4.72 Å². The van der Waals surface area contributed by atoms with Crippen molar-refractivity contribution in [3.05, 3.63) is 16.5 Å². The molecule has 0 radical (unpaired) electrons. The van der Waals surface area contributed by atoms with E-state index >= 15 is 0 Å². The van der Waals surface area contributed by atoms with Crippen LogP contribution in [0.25, 0.3) is 0 Å². The van der Waals surface area contributed by atoms with Crippen molar-refractivity contribution in [2.45, 2.75) is 4.21 Å². The predicted octanol–water partition coefficient (Wildman–Crippen LogP) is 0.853. The zero-order valence-electron chi connectivity index (χ0n) is 7.69. The number of carbonyl (C=O) groups excluding carboxylic acids is 1. The van der Waals surface area contributed by atoms with E-state index in [1.807, 2.05) is 0 Å². The Labute approximate surface area is 96.1 Å². The van der Waals surface area contributed by atoms with Crippen molar-refractivity contribution in [3.8, 4) is 0 Å². The van der Waals surface area contributed by atoms with Crippen molar-refractivity contribution in [1.29, 1.82) is 0 Å². The summed E-state index contributed by atoms with van der Waals surface area (Å²) in [5.74, 6) is -0.652. The zero-order valence-corrected chi connectivity index (χ0v) is 10.1. The third-order valence-electron chi connectivity index (χ3n) is 1.45. The lowest BCUT2D eigenvalue weighted by atomic mass is 10.7. The number of nitrogens with one attached hydrogen (secondary N) is 1. The fourth-order valence-electron chi connectivity index (χ4n) is 0.739. The van der Waals surface area contributed by atoms with E-state index in [1.165, 1.54) is 19.2 Å². The molecule has 1 aromatic rings. The van der Waals surface area contributed by atoms with Gasteiger partial charge in [0.05, 0.1) is 11.4 Å². The zero-order chi connectivity index (χ0) is 11.5. The quantitative estimate of drug-likeness (QED) is 0.823. The average Bonchev–Trinajstić information content (AvgIpc) is 2.62. The minimum atomic E-state index is -3.66. The van der Waals surface area contributed by atoms with E-state index < -0.39 is 22.5 Å². The molecule has 1 aromatic heterocycles. The highest BCUT2D eigenvalue weighted by atomic mass is 35.5. The summed E-state index contributed by atoms with van der Waals surface area (Å²) >= 11 is 6.51. The Bertz CT molecular complexity index is 453. The van der Waals surface area contributed by atoms with Crippen LogP contribution in [0.5, 0.6) is 0 Å². The molecule has 8 heteroatoms. The maximum Gasteiger partial charge on any atom is 0.320 e. The Morgan fingerprint density at radius 3 is 2.73 bits per heavy atom. The van der Waals surface area contributed by atoms with Crippen molar-refractivity contribution in [2.75, 3.05) is 13.7 Å². The summed E-state index contributed by atoms with van der Waals surface area (Å²) in [6.07, 6.45) is 0. The molecule has 0 saturated heterocycles. The molecular weight excluding hydrogens is 262 g/mol. The number of hydrogen-bond acceptors (Lipinski definition) is 5. The molecule has 0 aliphatic rings. The number of halogens is 1. The smallest absolute Gasteiger partial charge is 0.320 e. The van der Waals surface area contributed by atoms with E-state index in [4.69, 9.17) is 11.6 Å². The summed E-state index contributed by atoms with van der Waals surface area (Å²) < 4.78 is 29.8. The van der Waals surface area contributed by atoms with Crippen LogP contribution < -0.4 is 4.72 Å². The summed E-state index contributed by atoms with van der Waals surface area (Å²) in [5, 5.41) is 0. The lowest BCUT2D eigenvalue weighted by Crippen LogP contribution is -2.29. The van der Waals surface area contributed by atoms with E-state index in [2.05, 4.69) is 9.46 Å². The molecule has 0 saturated carbocycles. The van der Waals surface area contributed by atoms with Gasteiger partial charge in [-0.25, -0.2) is 8.42 Å². The predicted molar refractivity (Wildman–Crippen MR) is 56.5 cm³/mol. The summed E-state index contributed by atoms with van der Waals surface area (Å²) in [7, 11) is -2.48. The average molecular weight is 270 g/mol. The van der Waals surface area contributed by atoms with Gasteiger partial charge in [-0.05, 0) is 12.1 Å². The van der Waals surface area contributed by atoms with Gasteiger partial charge in [0, 0.05) is 0 Å². The standard InChI is InChI=1S/C7H8ClNO4S2/c1-13-6(10)4-9-15(11,12)7-3-2-5(8)14-7/h2-3,9H,4H2,1H3. The highest BCUT2D eigenvalue weighted by Crippen LogP contribution is 2.25. The van der Waals surface area contributed by atoms with Crippen LogP contribution in [0.3, 0.4) is 0 Å². The van der Waals surface area contributed by atoms with Crippen LogP contribution in [0.4, 0.5) is 0 Å². The number of methoxy groups -OCH3 is 1. The Hall–Kier alpha value is -0.630. The minimum Gasteiger partial charge on any atom is -0.468 e. The molecule has 15 heavy (non-hydrogen) atoms. The van der Waals surface area contributed by atoms with Crippen molar-refractivity contribution in [3.63, 3.8) is 0 Å². The van der Waals surface area contributed by atoms with Gasteiger partial charge in [-0.1, -0.05) is 11.6 Å². The highest BCUT2D eigenvalue weighted by molar-refractivity contribution is 7.91. The molecule has 0 fully saturated rings. The molecule has 0 bridgehead atoms. The summed E-state index contributed by atoms with van der Waals surface area (Å²) in [6.45, 7) is -0.394. The molecule has 5 nitrogen and oxygen atoms in total. The number of ether oxygens (including phenoxy) is 1. The highest BCUT2D eigenvalue weighted by Gasteiger charge is 2.17. The molecule has 1 rings (SSSR count). The number of carbonyl (C=O) groups is 1. The first-order chi connectivity index (χ1) is 6.95. The van der Waals surface area contributed by atoms with E-state index in [9.17, 15) is 13.2 Å². The summed E-state index contributed by atoms with van der Waals surface area (Å²) in [6, 6.07) is 2.84. The second-order valence-corrected chi connectivity index (χ2v) is 6.17. The molecule has 0 aromatic carbocycles. The molecule has 0 unspecified atom stereocenters. The Balaban J connectivity index is 2.72. The lowest BCUT2D eigenvalue weighted by molar-refractivity contribution is -0.139. The second kappa shape index (κ2) is 4.93. The molecule has 0 aliphatic heterocycles. The maximum absolute atomic E-state index is 11.5. The van der Waals surface area contributed by atoms with Crippen molar-refractivity contribution in [1.82, 2.24) is 4.72 Å². The van der Waals surface area contributed by atoms with Crippen LogP contribution in [0.15, 0.2) is 16.3 Å². The lowest BCUT2D eigenvalue weighted by Gasteiger charge is -2.02. The summed E-state index contributed by atoms with van der Waals surface area (Å²) in [5.41, 5.74) is 0. The van der Waals surface area contributed by atoms with Crippen LogP contribution in [0.1, 0.15) is 0 Å². The van der Waals surface area contributed by atoms with Gasteiger partial charge in [0.25, 0.3) is 10.0 Å². The van der Waals surface area contributed by atoms with Gasteiger partial charge >= 0.3 is 5.97 Å².